The number of hydrogen-bond donors (Lipinski definition) is 0. The van der Waals surface area contributed by atoms with E-state index >= 15 is 0 Å². The van der Waals surface area contributed by atoms with E-state index < -0.39 is 16.1 Å². The van der Waals surface area contributed by atoms with E-state index in [4.69, 9.17) is 0 Å². The summed E-state index contributed by atoms with van der Waals surface area (Å²) in [6, 6.07) is 137. The van der Waals surface area contributed by atoms with E-state index in [0.29, 0.717) is 0 Å². The van der Waals surface area contributed by atoms with Crippen molar-refractivity contribution >= 4 is 101 Å². The smallest absolute Gasteiger partial charge is 0.180 e. The number of fused-ring (bicyclic) bond motifs is 6. The molecule has 0 radical (unpaired) electrons. The molecule has 0 spiro atoms. The molecule has 0 aliphatic heterocycles. The van der Waals surface area contributed by atoms with E-state index in [0.717, 1.165) is 22.4 Å². The van der Waals surface area contributed by atoms with Gasteiger partial charge in [-0.2, -0.15) is 0 Å². The van der Waals surface area contributed by atoms with Crippen LogP contribution in [0.4, 0.5) is 0 Å². The largest absolute Gasteiger partial charge is 0.309 e. The third-order valence-corrected chi connectivity index (χ3v) is 28.0. The maximum Gasteiger partial charge on any atom is 0.180 e. The van der Waals surface area contributed by atoms with Crippen molar-refractivity contribution < 1.29 is 0 Å². The van der Waals surface area contributed by atoms with Crippen LogP contribution in [0.25, 0.3) is 88.4 Å². The van der Waals surface area contributed by atoms with E-state index in [2.05, 4.69) is 373 Å². The Hall–Kier alpha value is -10.9. The van der Waals surface area contributed by atoms with Gasteiger partial charge in [-0.15, -0.1) is 0 Å². The summed E-state index contributed by atoms with van der Waals surface area (Å²) in [5, 5.41) is 15.7. The van der Waals surface area contributed by atoms with E-state index in [9.17, 15) is 0 Å². The fourth-order valence-electron chi connectivity index (χ4n) is 14.6. The minimum atomic E-state index is -3.07. The van der Waals surface area contributed by atoms with Crippen molar-refractivity contribution in [2.24, 2.45) is 0 Å². The zero-order valence-electron chi connectivity index (χ0n) is 48.5. The molecule has 0 saturated carbocycles. The summed E-state index contributed by atoms with van der Waals surface area (Å²) in [6.07, 6.45) is 0. The van der Waals surface area contributed by atoms with Crippen molar-refractivity contribution in [1.29, 1.82) is 0 Å². The van der Waals surface area contributed by atoms with Gasteiger partial charge >= 0.3 is 0 Å². The first-order valence-corrected chi connectivity index (χ1v) is 34.5. The monoisotopic (exact) mass is 1150 g/mol. The molecule has 2 aromatic heterocycles. The topological polar surface area (TPSA) is 9.86 Å². The number of rotatable bonds is 13. The summed E-state index contributed by atoms with van der Waals surface area (Å²) in [4.78, 5) is 0. The van der Waals surface area contributed by atoms with Crippen LogP contribution < -0.4 is 41.5 Å². The molecule has 2 heterocycles. The third kappa shape index (κ3) is 8.59. The minimum absolute atomic E-state index is 1.11. The highest BCUT2D eigenvalue weighted by molar-refractivity contribution is 7.21. The van der Waals surface area contributed by atoms with Crippen LogP contribution in [-0.4, -0.2) is 25.3 Å². The molecule has 0 N–H and O–H groups in total. The Morgan fingerprint density at radius 3 is 1.03 bits per heavy atom. The molecule has 16 rings (SSSR count). The van der Waals surface area contributed by atoms with Gasteiger partial charge in [0, 0.05) is 27.2 Å². The molecule has 14 aromatic carbocycles. The average Bonchev–Trinajstić information content (AvgIpc) is 1.40. The summed E-state index contributed by atoms with van der Waals surface area (Å²) in [7, 11) is -6.12. The highest BCUT2D eigenvalue weighted by atomic mass is 28.3. The number of hydrogen-bond acceptors (Lipinski definition) is 0. The first-order chi connectivity index (χ1) is 43.7. The van der Waals surface area contributed by atoms with Gasteiger partial charge in [0.15, 0.2) is 16.1 Å². The van der Waals surface area contributed by atoms with E-state index in [1.54, 1.807) is 0 Å². The van der Waals surface area contributed by atoms with Crippen molar-refractivity contribution in [2.45, 2.75) is 0 Å². The van der Waals surface area contributed by atoms with Crippen LogP contribution in [0.3, 0.4) is 0 Å². The molecule has 414 valence electrons. The van der Waals surface area contributed by atoms with Gasteiger partial charge in [-0.1, -0.05) is 315 Å². The fraction of sp³-hybridized carbons (Fsp3) is 0. The normalized spacial score (nSPS) is 11.9. The highest BCUT2D eigenvalue weighted by Gasteiger charge is 2.44. The molecule has 0 saturated heterocycles. The summed E-state index contributed by atoms with van der Waals surface area (Å²) >= 11 is 0. The quantitative estimate of drug-likeness (QED) is 0.0804. The maximum absolute atomic E-state index is 3.07. The molecule has 16 aromatic rings. The average molecular weight is 1150 g/mol. The van der Waals surface area contributed by atoms with Crippen molar-refractivity contribution in [2.75, 3.05) is 0 Å². The van der Waals surface area contributed by atoms with Gasteiger partial charge in [0.2, 0.25) is 0 Å². The van der Waals surface area contributed by atoms with Crippen LogP contribution in [0.15, 0.2) is 364 Å². The predicted molar refractivity (Wildman–Crippen MR) is 379 cm³/mol. The lowest BCUT2D eigenvalue weighted by Gasteiger charge is -2.35. The van der Waals surface area contributed by atoms with Crippen molar-refractivity contribution in [3.05, 3.63) is 364 Å². The van der Waals surface area contributed by atoms with Crippen molar-refractivity contribution in [3.8, 4) is 44.8 Å². The van der Waals surface area contributed by atoms with Crippen LogP contribution in [-0.2, 0) is 0 Å². The Labute approximate surface area is 515 Å². The molecule has 0 aliphatic carbocycles. The second-order valence-electron chi connectivity index (χ2n) is 23.1. The SMILES string of the molecule is c1ccc(-c2ccc([Si](c3ccccc3)(c3ccccc3)c3cccc4c3c3ccccc3n4-c3cccc4c3c3ccccc3n4-c3ccc([Si](c4ccccc4)(c4ccccc4)c4cc(-c5ccccc5)cc(-c5ccccc5)c4)cc3)cc2)cc1. The second-order valence-corrected chi connectivity index (χ2v) is 30.6. The van der Waals surface area contributed by atoms with Crippen LogP contribution in [0.1, 0.15) is 0 Å². The molecule has 0 aliphatic rings. The van der Waals surface area contributed by atoms with Gasteiger partial charge < -0.3 is 9.13 Å². The lowest BCUT2D eigenvalue weighted by atomic mass is 9.99. The summed E-state index contributed by atoms with van der Waals surface area (Å²) in [6.45, 7) is 0. The first-order valence-electron chi connectivity index (χ1n) is 30.5. The summed E-state index contributed by atoms with van der Waals surface area (Å²) in [5.41, 5.74) is 14.2. The Morgan fingerprint density at radius 1 is 0.193 bits per heavy atom. The molecule has 0 amide bonds. The summed E-state index contributed by atoms with van der Waals surface area (Å²) in [5.74, 6) is 0. The van der Waals surface area contributed by atoms with E-state index in [1.807, 2.05) is 0 Å². The lowest BCUT2D eigenvalue weighted by molar-refractivity contribution is 1.17. The van der Waals surface area contributed by atoms with Crippen LogP contribution in [0.5, 0.6) is 0 Å². The molecule has 4 heteroatoms. The van der Waals surface area contributed by atoms with Gasteiger partial charge in [0.1, 0.15) is 0 Å². The van der Waals surface area contributed by atoms with Crippen LogP contribution in [0, 0.1) is 0 Å². The molecule has 0 bridgehead atoms. The Morgan fingerprint density at radius 2 is 0.534 bits per heavy atom. The first kappa shape index (κ1) is 52.7. The maximum atomic E-state index is 2.57. The standard InChI is InChI=1S/C84H60N2Si2/c1-8-28-61(29-9-1)64-50-54-73(55-51-64)88(70-38-18-6-19-39-70,71-40-20-7-21-41-71)82-49-27-48-81-84(82)76-43-23-25-45-78(76)86(81)80-47-26-46-79-83(80)75-42-22-24-44-77(75)85(79)67-52-56-72(57-53-67)87(68-34-14-4-15-35-68,69-36-16-5-17-37-69)74-59-65(62-30-10-2-11-31-62)58-66(60-74)63-32-12-3-13-33-63/h1-60H. The fourth-order valence-corrected chi connectivity index (χ4v) is 24.4. The van der Waals surface area contributed by atoms with Crippen molar-refractivity contribution in [3.63, 3.8) is 0 Å². The van der Waals surface area contributed by atoms with Gasteiger partial charge in [0.05, 0.1) is 27.8 Å². The molecular formula is C84H60N2Si2. The Balaban J connectivity index is 0.912. The van der Waals surface area contributed by atoms with E-state index in [1.165, 1.54) is 107 Å². The van der Waals surface area contributed by atoms with Crippen LogP contribution in [0.2, 0.25) is 0 Å². The molecule has 0 unspecified atom stereocenters. The molecule has 2 nitrogen and oxygen atoms in total. The Bertz CT molecular complexity index is 5010. The third-order valence-electron chi connectivity index (χ3n) is 18.4. The molecule has 88 heavy (non-hydrogen) atoms. The number of benzene rings is 14. The molecule has 0 atom stereocenters. The highest BCUT2D eigenvalue weighted by Crippen LogP contribution is 2.40. The lowest BCUT2D eigenvalue weighted by Crippen LogP contribution is -2.74. The van der Waals surface area contributed by atoms with Gasteiger partial charge in [-0.25, -0.2) is 0 Å². The van der Waals surface area contributed by atoms with Gasteiger partial charge in [-0.3, -0.25) is 0 Å². The Kier molecular flexibility index (Phi) is 13.3. The van der Waals surface area contributed by atoms with E-state index in [-0.39, 0.29) is 0 Å². The predicted octanol–water partition coefficient (Wildman–Crippen LogP) is 15.6. The molecular weight excluding hydrogens is 1090 g/mol. The zero-order valence-corrected chi connectivity index (χ0v) is 50.5. The van der Waals surface area contributed by atoms with Gasteiger partial charge in [0.25, 0.3) is 0 Å². The minimum Gasteiger partial charge on any atom is -0.309 e. The van der Waals surface area contributed by atoms with Crippen molar-refractivity contribution in [1.82, 2.24) is 9.13 Å². The molecule has 0 fully saturated rings. The number of para-hydroxylation sites is 2. The number of aromatic nitrogens is 2. The number of nitrogens with zero attached hydrogens (tertiary/aromatic N) is 2. The second kappa shape index (κ2) is 22.2. The zero-order chi connectivity index (χ0) is 58.4. The van der Waals surface area contributed by atoms with Gasteiger partial charge in [-0.05, 0) is 123 Å². The summed E-state index contributed by atoms with van der Waals surface area (Å²) < 4.78 is 5.06. The van der Waals surface area contributed by atoms with Crippen LogP contribution >= 0.6 is 0 Å².